The van der Waals surface area contributed by atoms with Gasteiger partial charge in [-0.25, -0.2) is 4.79 Å². The molecule has 0 radical (unpaired) electrons. The van der Waals surface area contributed by atoms with Crippen LogP contribution in [-0.2, 0) is 21.5 Å². The van der Waals surface area contributed by atoms with Crippen LogP contribution in [0.25, 0.3) is 5.69 Å². The van der Waals surface area contributed by atoms with E-state index in [1.165, 1.54) is 16.9 Å². The van der Waals surface area contributed by atoms with Crippen LogP contribution in [0.2, 0.25) is 0 Å². The number of aromatic nitrogens is 3. The lowest BCUT2D eigenvalue weighted by Crippen LogP contribution is -2.14. The number of thioether (sulfide) groups is 1. The smallest absolute Gasteiger partial charge is 0.416 e. The van der Waals surface area contributed by atoms with Crippen molar-refractivity contribution in [3.8, 4) is 11.4 Å². The molecule has 3 rings (SSSR count). The van der Waals surface area contributed by atoms with Gasteiger partial charge in [-0.3, -0.25) is 0 Å². The molecule has 1 aromatic heterocycles. The molecule has 0 saturated carbocycles. The van der Waals surface area contributed by atoms with Gasteiger partial charge in [0.25, 0.3) is 0 Å². The first kappa shape index (κ1) is 23.6. The molecular weight excluding hydrogens is 443 g/mol. The summed E-state index contributed by atoms with van der Waals surface area (Å²) in [6.45, 7) is 5.59. The van der Waals surface area contributed by atoms with Crippen LogP contribution in [0.4, 0.5) is 13.2 Å². The lowest BCUT2D eigenvalue weighted by molar-refractivity contribution is -0.145. The van der Waals surface area contributed by atoms with E-state index in [2.05, 4.69) is 10.2 Å². The van der Waals surface area contributed by atoms with Crippen LogP contribution in [0.15, 0.2) is 47.4 Å². The Labute approximate surface area is 187 Å². The maximum absolute atomic E-state index is 12.7. The summed E-state index contributed by atoms with van der Waals surface area (Å²) in [7, 11) is 0. The molecule has 0 saturated heterocycles. The van der Waals surface area contributed by atoms with Crippen LogP contribution in [-0.4, -0.2) is 34.2 Å². The van der Waals surface area contributed by atoms with E-state index < -0.39 is 17.7 Å². The third-order valence-corrected chi connectivity index (χ3v) is 5.48. The second-order valence-electron chi connectivity index (χ2n) is 6.88. The van der Waals surface area contributed by atoms with Crippen molar-refractivity contribution in [2.45, 2.75) is 37.6 Å². The monoisotopic (exact) mass is 465 g/mol. The van der Waals surface area contributed by atoms with Crippen LogP contribution in [0.3, 0.4) is 0 Å². The highest BCUT2D eigenvalue weighted by Crippen LogP contribution is 2.30. The summed E-state index contributed by atoms with van der Waals surface area (Å²) < 4.78 is 48.6. The summed E-state index contributed by atoms with van der Waals surface area (Å²) in [4.78, 5) is 13.8. The number of nitrogens with zero attached hydrogens (tertiary/aromatic N) is 3. The Bertz CT molecular complexity index is 1080. The largest absolute Gasteiger partial charge is 0.482 e. The van der Waals surface area contributed by atoms with Gasteiger partial charge < -0.3 is 9.47 Å². The van der Waals surface area contributed by atoms with Gasteiger partial charge in [-0.1, -0.05) is 0 Å². The maximum Gasteiger partial charge on any atom is 0.416 e. The van der Waals surface area contributed by atoms with Crippen LogP contribution in [0, 0.1) is 13.8 Å². The second-order valence-corrected chi connectivity index (χ2v) is 7.92. The number of benzene rings is 2. The number of rotatable bonds is 8. The first-order chi connectivity index (χ1) is 15.2. The normalized spacial score (nSPS) is 11.4. The van der Waals surface area contributed by atoms with Crippen molar-refractivity contribution in [3.63, 3.8) is 0 Å². The molecule has 3 aromatic rings. The predicted octanol–water partition coefficient (Wildman–Crippen LogP) is 5.14. The van der Waals surface area contributed by atoms with Crippen molar-refractivity contribution >= 4 is 17.7 Å². The molecule has 0 fully saturated rings. The van der Waals surface area contributed by atoms with Crippen LogP contribution >= 0.6 is 11.8 Å². The molecule has 0 aliphatic rings. The Hall–Kier alpha value is -3.01. The predicted molar refractivity (Wildman–Crippen MR) is 114 cm³/mol. The third kappa shape index (κ3) is 6.03. The molecule has 32 heavy (non-hydrogen) atoms. The van der Waals surface area contributed by atoms with Crippen molar-refractivity contribution in [2.24, 2.45) is 0 Å². The number of esters is 1. The molecule has 0 spiro atoms. The van der Waals surface area contributed by atoms with E-state index in [0.29, 0.717) is 29.5 Å². The molecule has 0 atom stereocenters. The molecule has 0 bridgehead atoms. The number of hydrogen-bond acceptors (Lipinski definition) is 6. The fraction of sp³-hybridized carbons (Fsp3) is 0.318. The Kier molecular flexibility index (Phi) is 7.44. The van der Waals surface area contributed by atoms with Crippen molar-refractivity contribution < 1.29 is 27.4 Å². The summed E-state index contributed by atoms with van der Waals surface area (Å²) >= 11 is 1.55. The fourth-order valence-electron chi connectivity index (χ4n) is 2.81. The number of halogens is 3. The van der Waals surface area contributed by atoms with E-state index in [9.17, 15) is 18.0 Å². The molecule has 2 aromatic carbocycles. The number of ether oxygens (including phenoxy) is 2. The van der Waals surface area contributed by atoms with Gasteiger partial charge in [-0.2, -0.15) is 28.2 Å². The highest BCUT2D eigenvalue weighted by molar-refractivity contribution is 7.98. The van der Waals surface area contributed by atoms with Gasteiger partial charge in [0.2, 0.25) is 0 Å². The number of carbonyl (C=O) groups excluding carboxylic acids is 1. The van der Waals surface area contributed by atoms with Gasteiger partial charge in [-0.15, -0.1) is 11.8 Å². The average molecular weight is 465 g/mol. The topological polar surface area (TPSA) is 66.2 Å². The molecular formula is C22H22F3N3O3S. The maximum atomic E-state index is 12.7. The van der Waals surface area contributed by atoms with Crippen molar-refractivity contribution in [1.29, 1.82) is 0 Å². The first-order valence-corrected chi connectivity index (χ1v) is 10.8. The van der Waals surface area contributed by atoms with Gasteiger partial charge >= 0.3 is 12.1 Å². The Morgan fingerprint density at radius 3 is 2.44 bits per heavy atom. The molecule has 0 unspecified atom stereocenters. The van der Waals surface area contributed by atoms with Gasteiger partial charge in [0.05, 0.1) is 29.2 Å². The summed E-state index contributed by atoms with van der Waals surface area (Å²) in [5.41, 5.74) is 2.05. The van der Waals surface area contributed by atoms with E-state index in [-0.39, 0.29) is 6.61 Å². The molecule has 170 valence electrons. The van der Waals surface area contributed by atoms with Gasteiger partial charge in [-0.05, 0) is 68.8 Å². The minimum Gasteiger partial charge on any atom is -0.482 e. The molecule has 1 heterocycles. The zero-order valence-corrected chi connectivity index (χ0v) is 18.6. The zero-order valence-electron chi connectivity index (χ0n) is 17.8. The Morgan fingerprint density at radius 1 is 1.09 bits per heavy atom. The van der Waals surface area contributed by atoms with Crippen LogP contribution < -0.4 is 4.74 Å². The molecule has 0 aliphatic carbocycles. The first-order valence-electron chi connectivity index (χ1n) is 9.79. The molecule has 10 heteroatoms. The standard InChI is InChI=1S/C22H22F3N3O3S/c1-4-30-21(29)12-31-20-10-9-18(11-14(20)2)32-13-19-15(3)26-28(27-19)17-7-5-16(6-8-17)22(23,24)25/h5-11H,4,12-13H2,1-3H3. The van der Waals surface area contributed by atoms with Crippen molar-refractivity contribution in [3.05, 3.63) is 65.0 Å². The van der Waals surface area contributed by atoms with Crippen molar-refractivity contribution in [2.75, 3.05) is 13.2 Å². The van der Waals surface area contributed by atoms with Gasteiger partial charge in [0, 0.05) is 10.6 Å². The minimum absolute atomic E-state index is 0.145. The fourth-order valence-corrected chi connectivity index (χ4v) is 3.80. The summed E-state index contributed by atoms with van der Waals surface area (Å²) in [5, 5.41) is 8.74. The molecule has 0 amide bonds. The quantitative estimate of drug-likeness (QED) is 0.339. The number of hydrogen-bond donors (Lipinski definition) is 0. The van der Waals surface area contributed by atoms with E-state index in [1.807, 2.05) is 19.1 Å². The number of alkyl halides is 3. The van der Waals surface area contributed by atoms with E-state index in [1.54, 1.807) is 31.7 Å². The number of carbonyl (C=O) groups is 1. The van der Waals surface area contributed by atoms with Crippen LogP contribution in [0.1, 0.15) is 29.4 Å². The van der Waals surface area contributed by atoms with E-state index in [0.717, 1.165) is 28.3 Å². The summed E-state index contributed by atoms with van der Waals surface area (Å²) in [6, 6.07) is 10.3. The lowest BCUT2D eigenvalue weighted by Gasteiger charge is -2.10. The minimum atomic E-state index is -4.38. The van der Waals surface area contributed by atoms with Gasteiger partial charge in [0.15, 0.2) is 6.61 Å². The summed E-state index contributed by atoms with van der Waals surface area (Å²) in [5.74, 6) is 0.721. The second kappa shape index (κ2) is 10.1. The number of aryl methyl sites for hydroxylation is 2. The Morgan fingerprint density at radius 2 is 1.81 bits per heavy atom. The lowest BCUT2D eigenvalue weighted by atomic mass is 10.2. The molecule has 0 aliphatic heterocycles. The molecule has 6 nitrogen and oxygen atoms in total. The van der Waals surface area contributed by atoms with E-state index >= 15 is 0 Å². The van der Waals surface area contributed by atoms with E-state index in [4.69, 9.17) is 9.47 Å². The van der Waals surface area contributed by atoms with Crippen molar-refractivity contribution in [1.82, 2.24) is 15.0 Å². The van der Waals surface area contributed by atoms with Crippen LogP contribution in [0.5, 0.6) is 5.75 Å². The highest BCUT2D eigenvalue weighted by Gasteiger charge is 2.30. The molecule has 0 N–H and O–H groups in total. The zero-order chi connectivity index (χ0) is 23.3. The summed E-state index contributed by atoms with van der Waals surface area (Å²) in [6.07, 6.45) is -4.38. The van der Waals surface area contributed by atoms with Gasteiger partial charge in [0.1, 0.15) is 5.75 Å². The third-order valence-electron chi connectivity index (χ3n) is 4.48. The Balaban J connectivity index is 1.63. The highest BCUT2D eigenvalue weighted by atomic mass is 32.2. The SMILES string of the molecule is CCOC(=O)COc1ccc(SCc2nn(-c3ccc(C(F)(F)F)cc3)nc2C)cc1C. The average Bonchev–Trinajstić information content (AvgIpc) is 3.12.